The monoisotopic (exact) mass is 432 g/mol. The van der Waals surface area contributed by atoms with E-state index in [-0.39, 0.29) is 6.03 Å². The Kier molecular flexibility index (Phi) is 6.90. The number of rotatable bonds is 6. The molecular formula is C26H32N4O2. The number of urea groups is 1. The number of aryl methyl sites for hydroxylation is 2. The lowest BCUT2D eigenvalue weighted by atomic mass is 9.99. The molecule has 1 aliphatic rings. The van der Waals surface area contributed by atoms with Gasteiger partial charge < -0.3 is 15.1 Å². The van der Waals surface area contributed by atoms with Crippen molar-refractivity contribution in [3.8, 4) is 11.5 Å². The molecule has 4 rings (SSSR count). The molecule has 6 heteroatoms. The van der Waals surface area contributed by atoms with Crippen LogP contribution in [0.1, 0.15) is 42.3 Å². The number of nitrogens with zero attached hydrogens (tertiary/aromatic N) is 2. The number of hydrogen-bond acceptors (Lipinski definition) is 4. The standard InChI is InChI=1S/C26H32N4O2/c1-18-6-5-13-30(16-18)17-22-11-9-21(10-12-22)15-27-26(31)29-24-8-4-7-23(14-24)25-28-19(2)20(3)32-25/h4,7-12,14,18H,5-6,13,15-17H2,1-3H3,(H2,27,29,31)/t18-/m0/s1. The summed E-state index contributed by atoms with van der Waals surface area (Å²) in [5.41, 5.74) is 4.79. The number of carbonyl (C=O) groups is 1. The zero-order chi connectivity index (χ0) is 22.5. The highest BCUT2D eigenvalue weighted by Gasteiger charge is 2.16. The Morgan fingerprint density at radius 2 is 1.94 bits per heavy atom. The van der Waals surface area contributed by atoms with Crippen molar-refractivity contribution in [2.24, 2.45) is 5.92 Å². The summed E-state index contributed by atoms with van der Waals surface area (Å²) in [5, 5.41) is 5.81. The van der Waals surface area contributed by atoms with E-state index in [0.717, 1.165) is 35.0 Å². The summed E-state index contributed by atoms with van der Waals surface area (Å²) in [5.74, 6) is 2.14. The second kappa shape index (κ2) is 10.0. The van der Waals surface area contributed by atoms with E-state index in [0.29, 0.717) is 18.1 Å². The highest BCUT2D eigenvalue weighted by atomic mass is 16.4. The molecular weight excluding hydrogens is 400 g/mol. The van der Waals surface area contributed by atoms with Crippen molar-refractivity contribution in [1.29, 1.82) is 0 Å². The van der Waals surface area contributed by atoms with Gasteiger partial charge in [0, 0.05) is 30.9 Å². The smallest absolute Gasteiger partial charge is 0.319 e. The fraction of sp³-hybridized carbons (Fsp3) is 0.385. The van der Waals surface area contributed by atoms with Crippen molar-refractivity contribution in [3.05, 3.63) is 71.1 Å². The summed E-state index contributed by atoms with van der Waals surface area (Å²) in [6.45, 7) is 9.98. The SMILES string of the molecule is Cc1nc(-c2cccc(NC(=O)NCc3ccc(CN4CCC[C@H](C)C4)cc3)c2)oc1C. The Hall–Kier alpha value is -3.12. The van der Waals surface area contributed by atoms with Gasteiger partial charge in [-0.2, -0.15) is 0 Å². The summed E-state index contributed by atoms with van der Waals surface area (Å²) in [4.78, 5) is 19.3. The third kappa shape index (κ3) is 5.77. The molecule has 2 aromatic carbocycles. The number of anilines is 1. The van der Waals surface area contributed by atoms with Crippen molar-refractivity contribution < 1.29 is 9.21 Å². The lowest BCUT2D eigenvalue weighted by Gasteiger charge is -2.30. The molecule has 2 N–H and O–H groups in total. The van der Waals surface area contributed by atoms with Crippen molar-refractivity contribution >= 4 is 11.7 Å². The Morgan fingerprint density at radius 1 is 1.16 bits per heavy atom. The van der Waals surface area contributed by atoms with Gasteiger partial charge in [0.25, 0.3) is 0 Å². The van der Waals surface area contributed by atoms with Gasteiger partial charge in [0.15, 0.2) is 0 Å². The number of carbonyl (C=O) groups excluding carboxylic acids is 1. The van der Waals surface area contributed by atoms with Crippen LogP contribution in [0.3, 0.4) is 0 Å². The van der Waals surface area contributed by atoms with Crippen molar-refractivity contribution in [3.63, 3.8) is 0 Å². The van der Waals surface area contributed by atoms with Gasteiger partial charge in [-0.1, -0.05) is 37.3 Å². The number of likely N-dealkylation sites (tertiary alicyclic amines) is 1. The van der Waals surface area contributed by atoms with Gasteiger partial charge in [0.2, 0.25) is 5.89 Å². The summed E-state index contributed by atoms with van der Waals surface area (Å²) in [6.07, 6.45) is 2.63. The second-order valence-electron chi connectivity index (χ2n) is 8.85. The van der Waals surface area contributed by atoms with E-state index in [4.69, 9.17) is 4.42 Å². The highest BCUT2D eigenvalue weighted by Crippen LogP contribution is 2.24. The van der Waals surface area contributed by atoms with Gasteiger partial charge in [-0.25, -0.2) is 9.78 Å². The average molecular weight is 433 g/mol. The molecule has 6 nitrogen and oxygen atoms in total. The van der Waals surface area contributed by atoms with Crippen LogP contribution >= 0.6 is 0 Å². The molecule has 1 saturated heterocycles. The molecule has 1 fully saturated rings. The van der Waals surface area contributed by atoms with Gasteiger partial charge in [-0.3, -0.25) is 4.90 Å². The fourth-order valence-electron chi connectivity index (χ4n) is 4.13. The van der Waals surface area contributed by atoms with E-state index < -0.39 is 0 Å². The maximum Gasteiger partial charge on any atom is 0.319 e. The summed E-state index contributed by atoms with van der Waals surface area (Å²) >= 11 is 0. The molecule has 168 valence electrons. The number of hydrogen-bond donors (Lipinski definition) is 2. The molecule has 3 aromatic rings. The third-order valence-corrected chi connectivity index (χ3v) is 6.02. The first-order valence-corrected chi connectivity index (χ1v) is 11.4. The first kappa shape index (κ1) is 22.1. The molecule has 0 saturated carbocycles. The van der Waals surface area contributed by atoms with Crippen LogP contribution < -0.4 is 10.6 Å². The van der Waals surface area contributed by atoms with Crippen LogP contribution in [0.2, 0.25) is 0 Å². The van der Waals surface area contributed by atoms with Crippen LogP contribution in [0.25, 0.3) is 11.5 Å². The molecule has 0 bridgehead atoms. The number of piperidine rings is 1. The van der Waals surface area contributed by atoms with E-state index in [1.165, 1.54) is 31.5 Å². The zero-order valence-corrected chi connectivity index (χ0v) is 19.1. The molecule has 0 spiro atoms. The molecule has 32 heavy (non-hydrogen) atoms. The first-order chi connectivity index (χ1) is 15.5. The minimum Gasteiger partial charge on any atom is -0.441 e. The predicted molar refractivity (Wildman–Crippen MR) is 127 cm³/mol. The molecule has 1 aliphatic heterocycles. The van der Waals surface area contributed by atoms with E-state index in [9.17, 15) is 4.79 Å². The number of aromatic nitrogens is 1. The van der Waals surface area contributed by atoms with E-state index in [1.54, 1.807) is 0 Å². The molecule has 0 unspecified atom stereocenters. The number of nitrogens with one attached hydrogen (secondary N) is 2. The normalized spacial score (nSPS) is 16.7. The van der Waals surface area contributed by atoms with Crippen molar-refractivity contribution in [2.75, 3.05) is 18.4 Å². The molecule has 2 heterocycles. The Bertz CT molecular complexity index is 1040. The minimum absolute atomic E-state index is 0.242. The summed E-state index contributed by atoms with van der Waals surface area (Å²) < 4.78 is 5.69. The van der Waals surface area contributed by atoms with Crippen LogP contribution in [0, 0.1) is 19.8 Å². The maximum absolute atomic E-state index is 12.4. The van der Waals surface area contributed by atoms with Crippen LogP contribution in [-0.2, 0) is 13.1 Å². The van der Waals surface area contributed by atoms with Gasteiger partial charge >= 0.3 is 6.03 Å². The predicted octanol–water partition coefficient (Wildman–Crippen LogP) is 5.51. The lowest BCUT2D eigenvalue weighted by Crippen LogP contribution is -2.33. The maximum atomic E-state index is 12.4. The lowest BCUT2D eigenvalue weighted by molar-refractivity contribution is 0.176. The largest absolute Gasteiger partial charge is 0.441 e. The summed E-state index contributed by atoms with van der Waals surface area (Å²) in [6, 6.07) is 15.8. The number of oxazole rings is 1. The Labute approximate surface area is 190 Å². The van der Waals surface area contributed by atoms with Gasteiger partial charge in [0.05, 0.1) is 5.69 Å². The first-order valence-electron chi connectivity index (χ1n) is 11.4. The Balaban J connectivity index is 1.28. The molecule has 1 atom stereocenters. The molecule has 0 aliphatic carbocycles. The van der Waals surface area contributed by atoms with E-state index >= 15 is 0 Å². The zero-order valence-electron chi connectivity index (χ0n) is 19.1. The van der Waals surface area contributed by atoms with Gasteiger partial charge in [0.1, 0.15) is 5.76 Å². The highest BCUT2D eigenvalue weighted by molar-refractivity contribution is 5.89. The minimum atomic E-state index is -0.242. The van der Waals surface area contributed by atoms with E-state index in [1.807, 2.05) is 38.1 Å². The number of amides is 2. The number of benzene rings is 2. The second-order valence-corrected chi connectivity index (χ2v) is 8.85. The topological polar surface area (TPSA) is 70.4 Å². The van der Waals surface area contributed by atoms with E-state index in [2.05, 4.69) is 51.7 Å². The van der Waals surface area contributed by atoms with Crippen LogP contribution in [0.4, 0.5) is 10.5 Å². The van der Waals surface area contributed by atoms with Crippen LogP contribution in [0.15, 0.2) is 52.9 Å². The average Bonchev–Trinajstić information content (AvgIpc) is 3.12. The molecule has 0 radical (unpaired) electrons. The van der Waals surface area contributed by atoms with Crippen LogP contribution in [0.5, 0.6) is 0 Å². The Morgan fingerprint density at radius 3 is 2.66 bits per heavy atom. The fourth-order valence-corrected chi connectivity index (χ4v) is 4.13. The molecule has 1 aromatic heterocycles. The van der Waals surface area contributed by atoms with Crippen molar-refractivity contribution in [2.45, 2.75) is 46.7 Å². The summed E-state index contributed by atoms with van der Waals surface area (Å²) in [7, 11) is 0. The van der Waals surface area contributed by atoms with Crippen LogP contribution in [-0.4, -0.2) is 29.0 Å². The van der Waals surface area contributed by atoms with Gasteiger partial charge in [-0.05, 0) is 68.5 Å². The molecule has 2 amide bonds. The van der Waals surface area contributed by atoms with Gasteiger partial charge in [-0.15, -0.1) is 0 Å². The van der Waals surface area contributed by atoms with Crippen molar-refractivity contribution in [1.82, 2.24) is 15.2 Å². The third-order valence-electron chi connectivity index (χ3n) is 6.02. The quantitative estimate of drug-likeness (QED) is 0.539.